The summed E-state index contributed by atoms with van der Waals surface area (Å²) in [7, 11) is 1.32. The molecule has 0 radical (unpaired) electrons. The number of rotatable bonds is 8. The van der Waals surface area contributed by atoms with Gasteiger partial charge in [-0.05, 0) is 98.7 Å². The van der Waals surface area contributed by atoms with Crippen molar-refractivity contribution in [2.24, 2.45) is 46.3 Å². The van der Waals surface area contributed by atoms with E-state index in [9.17, 15) is 14.4 Å². The molecule has 0 aromatic rings. The van der Waals surface area contributed by atoms with Crippen LogP contribution in [0.5, 0.6) is 0 Å². The summed E-state index contributed by atoms with van der Waals surface area (Å²) in [5.41, 5.74) is 2.69. The molecular formula is C36H59N3O4. The zero-order valence-corrected chi connectivity index (χ0v) is 28.1. The molecule has 4 rings (SSSR count). The van der Waals surface area contributed by atoms with Gasteiger partial charge in [-0.1, -0.05) is 65.8 Å². The lowest BCUT2D eigenvalue weighted by atomic mass is 9.53. The molecule has 0 spiro atoms. The molecule has 4 aliphatic carbocycles. The summed E-state index contributed by atoms with van der Waals surface area (Å²) in [4.78, 5) is 41.7. The summed E-state index contributed by atoms with van der Waals surface area (Å²) in [5.74, 6) is 1.08. The van der Waals surface area contributed by atoms with Gasteiger partial charge in [0, 0.05) is 23.9 Å². The summed E-state index contributed by atoms with van der Waals surface area (Å²) in [6.45, 7) is 22.1. The summed E-state index contributed by atoms with van der Waals surface area (Å²) in [5, 5.41) is 6.74. The van der Waals surface area contributed by atoms with Gasteiger partial charge in [-0.15, -0.1) is 0 Å². The van der Waals surface area contributed by atoms with Crippen molar-refractivity contribution >= 4 is 17.9 Å². The van der Waals surface area contributed by atoms with Gasteiger partial charge in [-0.25, -0.2) is 4.79 Å². The minimum atomic E-state index is -0.537. The molecule has 4 fully saturated rings. The van der Waals surface area contributed by atoms with Crippen LogP contribution in [-0.4, -0.2) is 55.1 Å². The van der Waals surface area contributed by atoms with Gasteiger partial charge < -0.3 is 20.3 Å². The number of carbonyl (C=O) groups is 3. The Morgan fingerprint density at radius 1 is 0.814 bits per heavy atom. The monoisotopic (exact) mass is 597 g/mol. The van der Waals surface area contributed by atoms with Gasteiger partial charge in [0.15, 0.2) is 0 Å². The van der Waals surface area contributed by atoms with E-state index >= 15 is 0 Å². The molecule has 8 unspecified atom stereocenters. The van der Waals surface area contributed by atoms with Crippen LogP contribution in [0.15, 0.2) is 24.3 Å². The van der Waals surface area contributed by atoms with Crippen LogP contribution in [-0.2, 0) is 14.3 Å². The molecule has 7 nitrogen and oxygen atoms in total. The van der Waals surface area contributed by atoms with Crippen LogP contribution >= 0.6 is 0 Å². The van der Waals surface area contributed by atoms with E-state index in [2.05, 4.69) is 65.3 Å². The third-order valence-corrected chi connectivity index (χ3v) is 12.1. The molecule has 0 aromatic carbocycles. The zero-order valence-electron chi connectivity index (χ0n) is 28.1. The summed E-state index contributed by atoms with van der Waals surface area (Å²) < 4.78 is 4.96. The first-order valence-electron chi connectivity index (χ1n) is 17.0. The maximum absolute atomic E-state index is 14.0. The van der Waals surface area contributed by atoms with E-state index in [1.165, 1.54) is 23.2 Å². The fraction of sp³-hybridized carbons (Fsp3) is 0.806. The summed E-state index contributed by atoms with van der Waals surface area (Å²) in [6.07, 6.45) is 10.9. The quantitative estimate of drug-likeness (QED) is 0.236. The lowest BCUT2D eigenvalue weighted by Gasteiger charge is -2.54. The number of nitrogens with zero attached hydrogens (tertiary/aromatic N) is 1. The second-order valence-corrected chi connectivity index (χ2v) is 15.7. The SMILES string of the molecule is C=C1CCCC2(C)CCC(C(C)C)C(NC(=O)CN(CC(=O)OC)C(=O)NC3C(C(C)C)CCC4(C)CCCC(=C)C34)C12. The number of ether oxygens (including phenoxy) is 1. The molecule has 43 heavy (non-hydrogen) atoms. The molecule has 0 heterocycles. The Labute approximate surface area is 261 Å². The Kier molecular flexibility index (Phi) is 10.4. The van der Waals surface area contributed by atoms with Crippen molar-refractivity contribution in [3.05, 3.63) is 24.3 Å². The van der Waals surface area contributed by atoms with Gasteiger partial charge in [0.05, 0.1) is 7.11 Å². The average Bonchev–Trinajstić information content (AvgIpc) is 2.91. The third kappa shape index (κ3) is 7.01. The number of hydrogen-bond donors (Lipinski definition) is 2. The molecule has 2 N–H and O–H groups in total. The second-order valence-electron chi connectivity index (χ2n) is 15.7. The molecule has 0 aromatic heterocycles. The lowest BCUT2D eigenvalue weighted by molar-refractivity contribution is -0.141. The third-order valence-electron chi connectivity index (χ3n) is 12.1. The number of nitrogens with one attached hydrogen (secondary N) is 2. The van der Waals surface area contributed by atoms with Gasteiger partial charge in [-0.3, -0.25) is 9.59 Å². The van der Waals surface area contributed by atoms with Gasteiger partial charge in [0.1, 0.15) is 13.1 Å². The smallest absolute Gasteiger partial charge is 0.325 e. The Morgan fingerprint density at radius 2 is 1.28 bits per heavy atom. The van der Waals surface area contributed by atoms with Crippen LogP contribution in [0, 0.1) is 46.3 Å². The van der Waals surface area contributed by atoms with Crippen molar-refractivity contribution in [3.63, 3.8) is 0 Å². The standard InChI is InChI=1S/C36H59N3O4/c1-22(2)26-14-18-35(7)16-10-12-24(5)30(35)32(26)37-28(40)20-39(21-29(41)43-9)34(42)38-33-27(23(3)4)15-19-36(8)17-11-13-25(6)31(33)36/h22-23,26-27,30-33H,5-6,10-21H2,1-4,7-9H3,(H,37,40)(H,38,42). The van der Waals surface area contributed by atoms with Gasteiger partial charge in [-0.2, -0.15) is 0 Å². The highest BCUT2D eigenvalue weighted by molar-refractivity contribution is 5.87. The highest BCUT2D eigenvalue weighted by Gasteiger charge is 2.51. The number of amides is 3. The lowest BCUT2D eigenvalue weighted by Crippen LogP contribution is -2.61. The summed E-state index contributed by atoms with van der Waals surface area (Å²) >= 11 is 0. The highest BCUT2D eigenvalue weighted by atomic mass is 16.5. The van der Waals surface area contributed by atoms with Crippen molar-refractivity contribution in [2.45, 2.75) is 118 Å². The number of hydrogen-bond acceptors (Lipinski definition) is 4. The van der Waals surface area contributed by atoms with E-state index in [1.54, 1.807) is 0 Å². The van der Waals surface area contributed by atoms with Crippen molar-refractivity contribution in [1.82, 2.24) is 15.5 Å². The van der Waals surface area contributed by atoms with Gasteiger partial charge in [0.25, 0.3) is 0 Å². The first kappa shape index (κ1) is 33.6. The van der Waals surface area contributed by atoms with E-state index in [-0.39, 0.29) is 59.8 Å². The largest absolute Gasteiger partial charge is 0.468 e. The molecule has 242 valence electrons. The second kappa shape index (κ2) is 13.4. The molecule has 4 aliphatic rings. The van der Waals surface area contributed by atoms with Crippen LogP contribution in [0.4, 0.5) is 4.79 Å². The minimum Gasteiger partial charge on any atom is -0.468 e. The predicted molar refractivity (Wildman–Crippen MR) is 172 cm³/mol. The van der Waals surface area contributed by atoms with E-state index in [0.717, 1.165) is 64.2 Å². The zero-order chi connectivity index (χ0) is 31.7. The van der Waals surface area contributed by atoms with Crippen LogP contribution in [0.25, 0.3) is 0 Å². The Hall–Kier alpha value is -2.31. The Balaban J connectivity index is 1.56. The van der Waals surface area contributed by atoms with Crippen LogP contribution in [0.3, 0.4) is 0 Å². The highest BCUT2D eigenvalue weighted by Crippen LogP contribution is 2.55. The topological polar surface area (TPSA) is 87.7 Å². The molecule has 0 bridgehead atoms. The Morgan fingerprint density at radius 3 is 1.72 bits per heavy atom. The molecule has 0 saturated heterocycles. The number of fused-ring (bicyclic) bond motifs is 2. The van der Waals surface area contributed by atoms with Gasteiger partial charge >= 0.3 is 12.0 Å². The normalized spacial score (nSPS) is 36.0. The van der Waals surface area contributed by atoms with E-state index in [4.69, 9.17) is 4.74 Å². The molecule has 3 amide bonds. The maximum atomic E-state index is 14.0. The average molecular weight is 598 g/mol. The van der Waals surface area contributed by atoms with Crippen LogP contribution < -0.4 is 10.6 Å². The Bertz CT molecular complexity index is 1080. The molecule has 7 heteroatoms. The van der Waals surface area contributed by atoms with Crippen molar-refractivity contribution < 1.29 is 19.1 Å². The first-order valence-corrected chi connectivity index (χ1v) is 17.0. The number of methoxy groups -OCH3 is 1. The van der Waals surface area contributed by atoms with E-state index in [0.29, 0.717) is 23.7 Å². The molecular weight excluding hydrogens is 538 g/mol. The maximum Gasteiger partial charge on any atom is 0.325 e. The van der Waals surface area contributed by atoms with Crippen molar-refractivity contribution in [3.8, 4) is 0 Å². The van der Waals surface area contributed by atoms with Crippen molar-refractivity contribution in [1.29, 1.82) is 0 Å². The predicted octanol–water partition coefficient (Wildman–Crippen LogP) is 6.88. The van der Waals surface area contributed by atoms with Crippen molar-refractivity contribution in [2.75, 3.05) is 20.2 Å². The van der Waals surface area contributed by atoms with Crippen LogP contribution in [0.1, 0.15) is 106 Å². The van der Waals surface area contributed by atoms with Crippen LogP contribution in [0.2, 0.25) is 0 Å². The van der Waals surface area contributed by atoms with E-state index < -0.39 is 5.97 Å². The molecule has 8 atom stereocenters. The fourth-order valence-electron chi connectivity index (χ4n) is 9.76. The minimum absolute atomic E-state index is 0.0305. The van der Waals surface area contributed by atoms with E-state index in [1.807, 2.05) is 0 Å². The number of carbonyl (C=O) groups excluding carboxylic acids is 3. The molecule has 4 saturated carbocycles. The fourth-order valence-corrected chi connectivity index (χ4v) is 9.76. The first-order chi connectivity index (χ1) is 20.2. The number of urea groups is 1. The van der Waals surface area contributed by atoms with Gasteiger partial charge in [0.2, 0.25) is 5.91 Å². The molecule has 0 aliphatic heterocycles. The summed E-state index contributed by atoms with van der Waals surface area (Å²) in [6, 6.07) is -0.496. The number of esters is 1.